The Morgan fingerprint density at radius 3 is 2.79 bits per heavy atom. The van der Waals surface area contributed by atoms with Gasteiger partial charge in [0.1, 0.15) is 6.04 Å². The zero-order valence-electron chi connectivity index (χ0n) is 8.31. The van der Waals surface area contributed by atoms with E-state index in [4.69, 9.17) is 16.6 Å². The smallest absolute Gasteiger partial charge is 0.324 e. The van der Waals surface area contributed by atoms with Gasteiger partial charge in [-0.25, -0.2) is 0 Å². The predicted molar refractivity (Wildman–Crippen MR) is 56.1 cm³/mol. The van der Waals surface area contributed by atoms with Crippen molar-refractivity contribution in [1.29, 1.82) is 0 Å². The maximum atomic E-state index is 10.3. The summed E-state index contributed by atoms with van der Waals surface area (Å²) in [4.78, 5) is 14.3. The van der Waals surface area contributed by atoms with E-state index in [1.165, 1.54) is 6.08 Å². The van der Waals surface area contributed by atoms with E-state index in [0.29, 0.717) is 12.4 Å². The maximum Gasteiger partial charge on any atom is 0.324 e. The minimum Gasteiger partial charge on any atom is -0.480 e. The van der Waals surface area contributed by atoms with Gasteiger partial charge in [-0.05, 0) is 19.8 Å². The SMILES string of the molecule is CC(N)=NCCC/C=C\[C@H](N)C(=O)O. The number of allylic oxidation sites excluding steroid dienone is 1. The Hall–Kier alpha value is -1.36. The number of carbonyl (C=O) groups is 1. The summed E-state index contributed by atoms with van der Waals surface area (Å²) >= 11 is 0. The summed E-state index contributed by atoms with van der Waals surface area (Å²) < 4.78 is 0. The first kappa shape index (κ1) is 12.6. The molecule has 5 heteroatoms. The lowest BCUT2D eigenvalue weighted by Crippen LogP contribution is -2.27. The standard InChI is InChI=1S/C9H17N3O2/c1-7(10)12-6-4-2-3-5-8(11)9(13)14/h3,5,8H,2,4,6,11H2,1H3,(H2,10,12)(H,13,14)/b5-3-/t8-/m0/s1. The van der Waals surface area contributed by atoms with Crippen LogP contribution in [0, 0.1) is 0 Å². The van der Waals surface area contributed by atoms with Crippen molar-refractivity contribution in [2.24, 2.45) is 16.5 Å². The highest BCUT2D eigenvalue weighted by atomic mass is 16.4. The number of hydrogen-bond acceptors (Lipinski definition) is 3. The van der Waals surface area contributed by atoms with E-state index in [2.05, 4.69) is 4.99 Å². The zero-order valence-corrected chi connectivity index (χ0v) is 8.31. The predicted octanol–water partition coefficient (Wildman–Crippen LogP) is 0.112. The number of nitrogens with two attached hydrogens (primary N) is 2. The number of carboxylic acid groups (broad SMARTS) is 1. The lowest BCUT2D eigenvalue weighted by atomic mass is 10.2. The molecule has 0 fully saturated rings. The summed E-state index contributed by atoms with van der Waals surface area (Å²) in [5.41, 5.74) is 10.6. The first-order valence-corrected chi connectivity index (χ1v) is 4.45. The van der Waals surface area contributed by atoms with Crippen LogP contribution >= 0.6 is 0 Å². The largest absolute Gasteiger partial charge is 0.480 e. The van der Waals surface area contributed by atoms with Gasteiger partial charge in [0.05, 0.1) is 5.84 Å². The summed E-state index contributed by atoms with van der Waals surface area (Å²) in [6, 6.07) is -0.908. The Kier molecular flexibility index (Phi) is 6.39. The average molecular weight is 199 g/mol. The minimum absolute atomic E-state index is 0.566. The Morgan fingerprint density at radius 1 is 1.64 bits per heavy atom. The molecule has 0 amide bonds. The molecular weight excluding hydrogens is 182 g/mol. The third-order valence-corrected chi connectivity index (χ3v) is 1.52. The lowest BCUT2D eigenvalue weighted by molar-refractivity contribution is -0.137. The number of rotatable bonds is 6. The van der Waals surface area contributed by atoms with Crippen LogP contribution in [0.1, 0.15) is 19.8 Å². The molecule has 0 aliphatic heterocycles. The topological polar surface area (TPSA) is 102 Å². The van der Waals surface area contributed by atoms with Crippen molar-refractivity contribution in [3.05, 3.63) is 12.2 Å². The normalized spacial score (nSPS) is 14.6. The van der Waals surface area contributed by atoms with Gasteiger partial charge in [0.15, 0.2) is 0 Å². The molecule has 0 spiro atoms. The highest BCUT2D eigenvalue weighted by Gasteiger charge is 2.04. The van der Waals surface area contributed by atoms with E-state index in [9.17, 15) is 4.79 Å². The molecule has 0 aliphatic carbocycles. The number of carboxylic acids is 1. The van der Waals surface area contributed by atoms with E-state index in [-0.39, 0.29) is 0 Å². The van der Waals surface area contributed by atoms with Gasteiger partial charge in [-0.15, -0.1) is 0 Å². The number of unbranched alkanes of at least 4 members (excludes halogenated alkanes) is 1. The fraction of sp³-hybridized carbons (Fsp3) is 0.556. The highest BCUT2D eigenvalue weighted by Crippen LogP contribution is 1.93. The number of nitrogens with zero attached hydrogens (tertiary/aromatic N) is 1. The molecule has 80 valence electrons. The van der Waals surface area contributed by atoms with Gasteiger partial charge in [0.2, 0.25) is 0 Å². The van der Waals surface area contributed by atoms with Gasteiger partial charge >= 0.3 is 5.97 Å². The number of aliphatic imine (C=N–C) groups is 1. The zero-order chi connectivity index (χ0) is 11.0. The van der Waals surface area contributed by atoms with Crippen LogP contribution in [-0.4, -0.2) is 29.5 Å². The lowest BCUT2D eigenvalue weighted by Gasteiger charge is -1.97. The van der Waals surface area contributed by atoms with Gasteiger partial charge in [-0.2, -0.15) is 0 Å². The minimum atomic E-state index is -1.02. The van der Waals surface area contributed by atoms with Crippen molar-refractivity contribution in [2.45, 2.75) is 25.8 Å². The van der Waals surface area contributed by atoms with Crippen LogP contribution in [0.4, 0.5) is 0 Å². The van der Waals surface area contributed by atoms with Crippen LogP contribution in [0.25, 0.3) is 0 Å². The molecular formula is C9H17N3O2. The molecule has 14 heavy (non-hydrogen) atoms. The molecule has 0 radical (unpaired) electrons. The molecule has 0 heterocycles. The summed E-state index contributed by atoms with van der Waals surface area (Å²) in [6.07, 6.45) is 4.83. The van der Waals surface area contributed by atoms with Gasteiger partial charge in [0, 0.05) is 6.54 Å². The maximum absolute atomic E-state index is 10.3. The molecule has 0 aliphatic rings. The molecule has 0 unspecified atom stereocenters. The van der Waals surface area contributed by atoms with Crippen LogP contribution in [0.5, 0.6) is 0 Å². The quantitative estimate of drug-likeness (QED) is 0.244. The van der Waals surface area contributed by atoms with E-state index >= 15 is 0 Å². The molecule has 1 atom stereocenters. The van der Waals surface area contributed by atoms with E-state index < -0.39 is 12.0 Å². The summed E-state index contributed by atoms with van der Waals surface area (Å²) in [6.45, 7) is 2.39. The first-order chi connectivity index (χ1) is 6.54. The van der Waals surface area contributed by atoms with Crippen molar-refractivity contribution in [1.82, 2.24) is 0 Å². The van der Waals surface area contributed by atoms with E-state index in [1.807, 2.05) is 0 Å². The number of amidine groups is 1. The molecule has 0 saturated carbocycles. The van der Waals surface area contributed by atoms with Gasteiger partial charge < -0.3 is 16.6 Å². The van der Waals surface area contributed by atoms with Crippen molar-refractivity contribution < 1.29 is 9.90 Å². The molecule has 0 rings (SSSR count). The number of hydrogen-bond donors (Lipinski definition) is 3. The second-order valence-corrected chi connectivity index (χ2v) is 2.96. The monoisotopic (exact) mass is 199 g/mol. The van der Waals surface area contributed by atoms with Gasteiger partial charge in [-0.1, -0.05) is 12.2 Å². The Labute approximate surface area is 83.5 Å². The molecule has 0 saturated heterocycles. The van der Waals surface area contributed by atoms with Gasteiger partial charge in [0.25, 0.3) is 0 Å². The Bertz CT molecular complexity index is 232. The van der Waals surface area contributed by atoms with Crippen LogP contribution in [-0.2, 0) is 4.79 Å². The Balaban J connectivity index is 3.54. The third kappa shape index (κ3) is 7.30. The molecule has 0 aromatic carbocycles. The fourth-order valence-corrected chi connectivity index (χ4v) is 0.790. The van der Waals surface area contributed by atoms with Crippen LogP contribution in [0.3, 0.4) is 0 Å². The van der Waals surface area contributed by atoms with Crippen LogP contribution in [0.2, 0.25) is 0 Å². The van der Waals surface area contributed by atoms with Crippen molar-refractivity contribution in [3.63, 3.8) is 0 Å². The first-order valence-electron chi connectivity index (χ1n) is 4.45. The fourth-order valence-electron chi connectivity index (χ4n) is 0.790. The summed E-state index contributed by atoms with van der Waals surface area (Å²) in [5.74, 6) is -0.451. The van der Waals surface area contributed by atoms with E-state index in [0.717, 1.165) is 12.8 Å². The third-order valence-electron chi connectivity index (χ3n) is 1.52. The second-order valence-electron chi connectivity index (χ2n) is 2.96. The van der Waals surface area contributed by atoms with Crippen LogP contribution in [0.15, 0.2) is 17.1 Å². The number of aliphatic carboxylic acids is 1. The van der Waals surface area contributed by atoms with E-state index in [1.54, 1.807) is 13.0 Å². The van der Waals surface area contributed by atoms with Crippen molar-refractivity contribution >= 4 is 11.8 Å². The molecule has 5 nitrogen and oxygen atoms in total. The second kappa shape index (κ2) is 7.08. The van der Waals surface area contributed by atoms with Crippen molar-refractivity contribution in [3.8, 4) is 0 Å². The molecule has 0 aromatic rings. The van der Waals surface area contributed by atoms with Crippen LogP contribution < -0.4 is 11.5 Å². The summed E-state index contributed by atoms with van der Waals surface area (Å²) in [7, 11) is 0. The Morgan fingerprint density at radius 2 is 2.29 bits per heavy atom. The molecule has 5 N–H and O–H groups in total. The van der Waals surface area contributed by atoms with Crippen molar-refractivity contribution in [2.75, 3.05) is 6.54 Å². The summed E-state index contributed by atoms with van der Waals surface area (Å²) in [5, 5.41) is 8.44. The highest BCUT2D eigenvalue weighted by molar-refractivity contribution is 5.77. The molecule has 0 bridgehead atoms. The average Bonchev–Trinajstić information content (AvgIpc) is 2.09. The molecule has 0 aromatic heterocycles. The van der Waals surface area contributed by atoms with Gasteiger partial charge in [-0.3, -0.25) is 9.79 Å².